The van der Waals surface area contributed by atoms with Gasteiger partial charge in [-0.15, -0.1) is 0 Å². The van der Waals surface area contributed by atoms with Crippen LogP contribution < -0.4 is 10.5 Å². The van der Waals surface area contributed by atoms with Crippen LogP contribution in [0.3, 0.4) is 0 Å². The van der Waals surface area contributed by atoms with Crippen LogP contribution in [0.25, 0.3) is 0 Å². The van der Waals surface area contributed by atoms with Crippen molar-refractivity contribution in [1.82, 2.24) is 0 Å². The van der Waals surface area contributed by atoms with E-state index in [0.717, 1.165) is 21.3 Å². The Bertz CT molecular complexity index is 642. The summed E-state index contributed by atoms with van der Waals surface area (Å²) in [5, 5.41) is 1.21. The molecule has 2 aromatic rings. The predicted molar refractivity (Wildman–Crippen MR) is 85.5 cm³/mol. The van der Waals surface area contributed by atoms with Crippen molar-refractivity contribution in [2.24, 2.45) is 5.73 Å². The Morgan fingerprint density at radius 1 is 1.10 bits per heavy atom. The molecule has 2 atom stereocenters. The third kappa shape index (κ3) is 2.82. The van der Waals surface area contributed by atoms with Crippen LogP contribution in [0, 0.1) is 0 Å². The van der Waals surface area contributed by atoms with Gasteiger partial charge in [-0.05, 0) is 42.0 Å². The first-order chi connectivity index (χ1) is 9.52. The number of benzene rings is 2. The van der Waals surface area contributed by atoms with Crippen molar-refractivity contribution in [1.29, 1.82) is 0 Å². The molecule has 0 saturated carbocycles. The Morgan fingerprint density at radius 3 is 2.50 bits per heavy atom. The zero-order valence-electron chi connectivity index (χ0n) is 10.4. The van der Waals surface area contributed by atoms with Crippen molar-refractivity contribution < 1.29 is 4.74 Å². The minimum absolute atomic E-state index is 0.0704. The largest absolute Gasteiger partial charge is 0.485 e. The molecule has 1 aliphatic rings. The second-order valence-electron chi connectivity index (χ2n) is 4.83. The van der Waals surface area contributed by atoms with Gasteiger partial charge in [0, 0.05) is 32.5 Å². The Balaban J connectivity index is 1.96. The maximum Gasteiger partial charge on any atom is 0.126 e. The topological polar surface area (TPSA) is 35.2 Å². The fraction of sp³-hybridized carbons (Fsp3) is 0.200. The lowest BCUT2D eigenvalue weighted by Crippen LogP contribution is -2.24. The Labute approximate surface area is 136 Å². The third-order valence-electron chi connectivity index (χ3n) is 3.37. The first kappa shape index (κ1) is 14.2. The van der Waals surface area contributed by atoms with Crippen LogP contribution in [0.1, 0.15) is 29.7 Å². The van der Waals surface area contributed by atoms with Gasteiger partial charge in [-0.3, -0.25) is 0 Å². The van der Waals surface area contributed by atoms with E-state index in [4.69, 9.17) is 33.7 Å². The summed E-state index contributed by atoms with van der Waals surface area (Å²) in [6.07, 6.45) is 0.565. The summed E-state index contributed by atoms with van der Waals surface area (Å²) in [5.41, 5.74) is 8.22. The maximum atomic E-state index is 6.25. The van der Waals surface area contributed by atoms with E-state index in [1.54, 1.807) is 6.07 Å². The first-order valence-electron chi connectivity index (χ1n) is 6.20. The van der Waals surface area contributed by atoms with E-state index in [-0.39, 0.29) is 12.1 Å². The molecule has 5 heteroatoms. The molecule has 104 valence electrons. The number of nitrogens with two attached hydrogens (primary N) is 1. The van der Waals surface area contributed by atoms with Crippen LogP contribution in [0.5, 0.6) is 5.75 Å². The number of fused-ring (bicyclic) bond motifs is 1. The Kier molecular flexibility index (Phi) is 3.95. The smallest absolute Gasteiger partial charge is 0.126 e. The summed E-state index contributed by atoms with van der Waals surface area (Å²) in [6, 6.07) is 11.3. The number of hydrogen-bond donors (Lipinski definition) is 1. The zero-order chi connectivity index (χ0) is 14.3. The summed E-state index contributed by atoms with van der Waals surface area (Å²) < 4.78 is 7.03. The van der Waals surface area contributed by atoms with Gasteiger partial charge >= 0.3 is 0 Å². The zero-order valence-corrected chi connectivity index (χ0v) is 13.5. The molecular weight excluding hydrogens is 361 g/mol. The molecule has 2 aromatic carbocycles. The molecule has 0 bridgehead atoms. The van der Waals surface area contributed by atoms with Crippen LogP contribution in [0.2, 0.25) is 10.0 Å². The number of halogens is 3. The monoisotopic (exact) mass is 371 g/mol. The van der Waals surface area contributed by atoms with Crippen molar-refractivity contribution in [3.05, 3.63) is 62.0 Å². The van der Waals surface area contributed by atoms with Gasteiger partial charge in [0.05, 0.1) is 0 Å². The van der Waals surface area contributed by atoms with Crippen LogP contribution in [0.15, 0.2) is 40.9 Å². The fourth-order valence-corrected chi connectivity index (χ4v) is 3.36. The standard InChI is InChI=1S/C15H12BrCl2NO/c16-9-1-2-14-12(5-9)13(19)7-15(20-14)8-3-10(17)6-11(18)4-8/h1-6,13,15H,7,19H2/t13-,15?/m1/s1. The van der Waals surface area contributed by atoms with E-state index >= 15 is 0 Å². The normalized spacial score (nSPS) is 21.2. The average molecular weight is 373 g/mol. The van der Waals surface area contributed by atoms with E-state index in [0.29, 0.717) is 16.5 Å². The molecule has 1 unspecified atom stereocenters. The highest BCUT2D eigenvalue weighted by atomic mass is 79.9. The maximum absolute atomic E-state index is 6.25. The molecule has 0 spiro atoms. The molecule has 0 fully saturated rings. The van der Waals surface area contributed by atoms with Crippen molar-refractivity contribution >= 4 is 39.1 Å². The van der Waals surface area contributed by atoms with E-state index in [1.165, 1.54) is 0 Å². The summed E-state index contributed by atoms with van der Waals surface area (Å²) in [5.74, 6) is 0.813. The summed E-state index contributed by atoms with van der Waals surface area (Å²) in [4.78, 5) is 0. The molecule has 2 nitrogen and oxygen atoms in total. The minimum atomic E-state index is -0.130. The average Bonchev–Trinajstić information content (AvgIpc) is 2.38. The van der Waals surface area contributed by atoms with Crippen LogP contribution >= 0.6 is 39.1 Å². The first-order valence-corrected chi connectivity index (χ1v) is 7.75. The van der Waals surface area contributed by atoms with Gasteiger partial charge in [0.25, 0.3) is 0 Å². The molecule has 0 amide bonds. The number of hydrogen-bond acceptors (Lipinski definition) is 2. The highest BCUT2D eigenvalue weighted by molar-refractivity contribution is 9.10. The van der Waals surface area contributed by atoms with Crippen molar-refractivity contribution in [2.45, 2.75) is 18.6 Å². The number of ether oxygens (including phenoxy) is 1. The Morgan fingerprint density at radius 2 is 1.80 bits per heavy atom. The van der Waals surface area contributed by atoms with Crippen molar-refractivity contribution in [3.8, 4) is 5.75 Å². The van der Waals surface area contributed by atoms with Gasteiger partial charge in [-0.1, -0.05) is 39.1 Å². The summed E-state index contributed by atoms with van der Waals surface area (Å²) in [6.45, 7) is 0. The summed E-state index contributed by atoms with van der Waals surface area (Å²) >= 11 is 15.5. The fourth-order valence-electron chi connectivity index (χ4n) is 2.44. The van der Waals surface area contributed by atoms with Gasteiger partial charge in [0.15, 0.2) is 0 Å². The van der Waals surface area contributed by atoms with Gasteiger partial charge in [-0.25, -0.2) is 0 Å². The van der Waals surface area contributed by atoms with Gasteiger partial charge in [0.2, 0.25) is 0 Å². The van der Waals surface area contributed by atoms with E-state index in [9.17, 15) is 0 Å². The number of rotatable bonds is 1. The van der Waals surface area contributed by atoms with Crippen molar-refractivity contribution in [2.75, 3.05) is 0 Å². The lowest BCUT2D eigenvalue weighted by Gasteiger charge is -2.31. The second-order valence-corrected chi connectivity index (χ2v) is 6.62. The SMILES string of the molecule is N[C@@H]1CC(c2cc(Cl)cc(Cl)c2)Oc2ccc(Br)cc21. The molecule has 1 heterocycles. The van der Waals surface area contributed by atoms with Crippen LogP contribution in [0.4, 0.5) is 0 Å². The third-order valence-corrected chi connectivity index (χ3v) is 4.29. The Hall–Kier alpha value is -0.740. The minimum Gasteiger partial charge on any atom is -0.485 e. The highest BCUT2D eigenvalue weighted by Crippen LogP contribution is 2.41. The molecule has 3 rings (SSSR count). The van der Waals surface area contributed by atoms with E-state index < -0.39 is 0 Å². The van der Waals surface area contributed by atoms with Gasteiger partial charge in [-0.2, -0.15) is 0 Å². The molecule has 1 aliphatic heterocycles. The lowest BCUT2D eigenvalue weighted by atomic mass is 9.94. The quantitative estimate of drug-likeness (QED) is 0.738. The van der Waals surface area contributed by atoms with Crippen LogP contribution in [-0.4, -0.2) is 0 Å². The molecule has 0 radical (unpaired) electrons. The lowest BCUT2D eigenvalue weighted by molar-refractivity contribution is 0.161. The summed E-state index contributed by atoms with van der Waals surface area (Å²) in [7, 11) is 0. The van der Waals surface area contributed by atoms with Gasteiger partial charge in [0.1, 0.15) is 11.9 Å². The van der Waals surface area contributed by atoms with Crippen molar-refractivity contribution in [3.63, 3.8) is 0 Å². The van der Waals surface area contributed by atoms with E-state index in [1.807, 2.05) is 30.3 Å². The molecular formula is C15H12BrCl2NO. The highest BCUT2D eigenvalue weighted by Gasteiger charge is 2.27. The molecule has 2 N–H and O–H groups in total. The van der Waals surface area contributed by atoms with Crippen LogP contribution in [-0.2, 0) is 0 Å². The molecule has 0 aliphatic carbocycles. The predicted octanol–water partition coefficient (Wildman–Crippen LogP) is 5.28. The molecule has 0 saturated heterocycles. The second kappa shape index (κ2) is 5.57. The molecule has 20 heavy (non-hydrogen) atoms. The molecule has 0 aromatic heterocycles. The van der Waals surface area contributed by atoms with Gasteiger partial charge < -0.3 is 10.5 Å². The van der Waals surface area contributed by atoms with E-state index in [2.05, 4.69) is 15.9 Å².